The standard InChI is InChI=1S/C22H14ClF4N7O/c23-18-10-7-14(12-28-18)30-20-31-19(16-3-1-2-4-17(16)24)32-21(33-20)34-29-11-13-5-8-15(9-6-13)35-22(25,26)27/h1-10,12H,11H2,(H,30,31,32,33). The zero-order chi connectivity index (χ0) is 24.8. The van der Waals surface area contributed by atoms with Gasteiger partial charge >= 0.3 is 6.36 Å². The summed E-state index contributed by atoms with van der Waals surface area (Å²) in [5.41, 5.74) is 1.21. The van der Waals surface area contributed by atoms with Gasteiger partial charge in [-0.15, -0.1) is 18.3 Å². The average Bonchev–Trinajstić information content (AvgIpc) is 2.81. The number of benzene rings is 2. The SMILES string of the molecule is Fc1ccccc1-c1nc(N=NCc2ccc(OC(F)(F)F)cc2)nc(Nc2ccc(Cl)nc2)n1. The van der Waals surface area contributed by atoms with Crippen LogP contribution in [0, 0.1) is 5.82 Å². The van der Waals surface area contributed by atoms with Gasteiger partial charge in [0.1, 0.15) is 16.7 Å². The lowest BCUT2D eigenvalue weighted by atomic mass is 10.2. The van der Waals surface area contributed by atoms with Gasteiger partial charge in [0, 0.05) is 0 Å². The molecule has 13 heteroatoms. The molecule has 4 aromatic rings. The summed E-state index contributed by atoms with van der Waals surface area (Å²) in [5.74, 6) is -0.922. The Kier molecular flexibility index (Phi) is 7.11. The van der Waals surface area contributed by atoms with Crippen LogP contribution in [0.5, 0.6) is 5.75 Å². The number of alkyl halides is 3. The van der Waals surface area contributed by atoms with Crippen molar-refractivity contribution in [1.82, 2.24) is 19.9 Å². The number of rotatable bonds is 7. The van der Waals surface area contributed by atoms with Gasteiger partial charge in [-0.3, -0.25) is 0 Å². The Labute approximate surface area is 200 Å². The van der Waals surface area contributed by atoms with E-state index in [9.17, 15) is 17.6 Å². The third-order valence-electron chi connectivity index (χ3n) is 4.29. The van der Waals surface area contributed by atoms with Crippen LogP contribution in [0.3, 0.4) is 0 Å². The highest BCUT2D eigenvalue weighted by Crippen LogP contribution is 2.25. The average molecular weight is 504 g/mol. The van der Waals surface area contributed by atoms with E-state index < -0.39 is 12.2 Å². The van der Waals surface area contributed by atoms with Crippen molar-refractivity contribution < 1.29 is 22.3 Å². The van der Waals surface area contributed by atoms with Crippen LogP contribution >= 0.6 is 11.6 Å². The largest absolute Gasteiger partial charge is 0.573 e. The number of aromatic nitrogens is 4. The van der Waals surface area contributed by atoms with E-state index in [4.69, 9.17) is 11.6 Å². The normalized spacial score (nSPS) is 11.6. The third-order valence-corrected chi connectivity index (χ3v) is 4.52. The highest BCUT2D eigenvalue weighted by Gasteiger charge is 2.30. The highest BCUT2D eigenvalue weighted by molar-refractivity contribution is 6.29. The van der Waals surface area contributed by atoms with E-state index in [1.165, 1.54) is 48.7 Å². The van der Waals surface area contributed by atoms with Gasteiger partial charge in [-0.25, -0.2) is 9.37 Å². The highest BCUT2D eigenvalue weighted by atomic mass is 35.5. The molecule has 0 spiro atoms. The number of pyridine rings is 1. The lowest BCUT2D eigenvalue weighted by molar-refractivity contribution is -0.274. The summed E-state index contributed by atoms with van der Waals surface area (Å²) in [5, 5.41) is 11.2. The first kappa shape index (κ1) is 24.0. The van der Waals surface area contributed by atoms with Crippen LogP contribution in [0.25, 0.3) is 11.4 Å². The molecule has 4 rings (SSSR count). The summed E-state index contributed by atoms with van der Waals surface area (Å²) in [6.45, 7) is 0.0247. The van der Waals surface area contributed by atoms with Crippen LogP contribution in [0.15, 0.2) is 77.1 Å². The first-order valence-corrected chi connectivity index (χ1v) is 10.2. The summed E-state index contributed by atoms with van der Waals surface area (Å²) in [4.78, 5) is 16.5. The van der Waals surface area contributed by atoms with E-state index in [0.29, 0.717) is 16.4 Å². The number of nitrogens with zero attached hydrogens (tertiary/aromatic N) is 6. The topological polar surface area (TPSA) is 97.5 Å². The molecule has 0 fully saturated rings. The molecule has 178 valence electrons. The Morgan fingerprint density at radius 1 is 0.943 bits per heavy atom. The fraction of sp³-hybridized carbons (Fsp3) is 0.0909. The molecule has 0 bridgehead atoms. The maximum absolute atomic E-state index is 14.3. The second-order valence-corrected chi connectivity index (χ2v) is 7.24. The number of ether oxygens (including phenoxy) is 1. The van der Waals surface area contributed by atoms with Crippen molar-refractivity contribution in [3.63, 3.8) is 0 Å². The van der Waals surface area contributed by atoms with Gasteiger partial charge in [0.25, 0.3) is 5.95 Å². The van der Waals surface area contributed by atoms with Crippen LogP contribution in [0.4, 0.5) is 35.1 Å². The molecule has 2 aromatic heterocycles. The number of azo groups is 1. The quantitative estimate of drug-likeness (QED) is 0.172. The molecule has 0 aliphatic heterocycles. The Bertz CT molecular complexity index is 1330. The molecule has 0 aliphatic rings. The summed E-state index contributed by atoms with van der Waals surface area (Å²) in [6.07, 6.45) is -3.31. The van der Waals surface area contributed by atoms with Gasteiger partial charge in [0.2, 0.25) is 5.95 Å². The molecule has 1 N–H and O–H groups in total. The number of nitrogens with one attached hydrogen (secondary N) is 1. The second kappa shape index (κ2) is 10.4. The van der Waals surface area contributed by atoms with Gasteiger partial charge in [-0.2, -0.15) is 20.1 Å². The molecule has 0 unspecified atom stereocenters. The summed E-state index contributed by atoms with van der Waals surface area (Å²) in [6, 6.07) is 14.3. The molecular formula is C22H14ClF4N7O. The van der Waals surface area contributed by atoms with Crippen LogP contribution in [-0.2, 0) is 6.54 Å². The Hall–Kier alpha value is -4.19. The summed E-state index contributed by atoms with van der Waals surface area (Å²) < 4.78 is 55.0. The van der Waals surface area contributed by atoms with E-state index in [1.807, 2.05) is 0 Å². The van der Waals surface area contributed by atoms with Crippen LogP contribution in [0.2, 0.25) is 5.15 Å². The number of hydrogen-bond acceptors (Lipinski definition) is 8. The maximum atomic E-state index is 14.3. The fourth-order valence-corrected chi connectivity index (χ4v) is 2.90. The smallest absolute Gasteiger partial charge is 0.406 e. The molecule has 35 heavy (non-hydrogen) atoms. The molecule has 0 saturated heterocycles. The summed E-state index contributed by atoms with van der Waals surface area (Å²) >= 11 is 5.80. The zero-order valence-electron chi connectivity index (χ0n) is 17.5. The molecule has 2 heterocycles. The molecule has 0 amide bonds. The third kappa shape index (κ3) is 6.90. The van der Waals surface area contributed by atoms with E-state index in [-0.39, 0.29) is 35.6 Å². The number of hydrogen-bond donors (Lipinski definition) is 1. The molecule has 8 nitrogen and oxygen atoms in total. The van der Waals surface area contributed by atoms with Crippen LogP contribution in [-0.4, -0.2) is 26.3 Å². The van der Waals surface area contributed by atoms with Crippen LogP contribution in [0.1, 0.15) is 5.56 Å². The minimum Gasteiger partial charge on any atom is -0.406 e. The first-order valence-electron chi connectivity index (χ1n) is 9.87. The van der Waals surface area contributed by atoms with Crippen molar-refractivity contribution >= 4 is 29.2 Å². The fourth-order valence-electron chi connectivity index (χ4n) is 2.78. The van der Waals surface area contributed by atoms with Crippen LogP contribution < -0.4 is 10.1 Å². The molecule has 2 aromatic carbocycles. The van der Waals surface area contributed by atoms with E-state index in [1.54, 1.807) is 18.2 Å². The van der Waals surface area contributed by atoms with Crippen molar-refractivity contribution in [3.8, 4) is 17.1 Å². The van der Waals surface area contributed by atoms with Crippen molar-refractivity contribution in [3.05, 3.63) is 83.4 Å². The molecule has 0 aliphatic carbocycles. The van der Waals surface area contributed by atoms with Gasteiger partial charge in [0.05, 0.1) is 24.0 Å². The van der Waals surface area contributed by atoms with E-state index in [2.05, 4.69) is 40.2 Å². The van der Waals surface area contributed by atoms with Crippen molar-refractivity contribution in [2.24, 2.45) is 10.2 Å². The first-order chi connectivity index (χ1) is 16.7. The zero-order valence-corrected chi connectivity index (χ0v) is 18.3. The van der Waals surface area contributed by atoms with Gasteiger partial charge in [-0.05, 0) is 42.0 Å². The second-order valence-electron chi connectivity index (χ2n) is 6.85. The van der Waals surface area contributed by atoms with Crippen molar-refractivity contribution in [2.45, 2.75) is 12.9 Å². The number of anilines is 2. The lowest BCUT2D eigenvalue weighted by Crippen LogP contribution is -2.16. The van der Waals surface area contributed by atoms with Crippen molar-refractivity contribution in [2.75, 3.05) is 5.32 Å². The minimum atomic E-state index is -4.77. The number of halogens is 5. The van der Waals surface area contributed by atoms with E-state index >= 15 is 0 Å². The van der Waals surface area contributed by atoms with Crippen molar-refractivity contribution in [1.29, 1.82) is 0 Å². The van der Waals surface area contributed by atoms with Gasteiger partial charge in [0.15, 0.2) is 5.82 Å². The Morgan fingerprint density at radius 2 is 1.71 bits per heavy atom. The monoisotopic (exact) mass is 503 g/mol. The molecule has 0 saturated carbocycles. The minimum absolute atomic E-state index is 0.0186. The Morgan fingerprint density at radius 3 is 2.40 bits per heavy atom. The molecular weight excluding hydrogens is 490 g/mol. The van der Waals surface area contributed by atoms with E-state index in [0.717, 1.165) is 0 Å². The Balaban J connectivity index is 1.57. The predicted octanol–water partition coefficient (Wildman–Crippen LogP) is 6.65. The maximum Gasteiger partial charge on any atom is 0.573 e. The van der Waals surface area contributed by atoms with Gasteiger partial charge < -0.3 is 10.1 Å². The lowest BCUT2D eigenvalue weighted by Gasteiger charge is -2.08. The summed E-state index contributed by atoms with van der Waals surface area (Å²) in [7, 11) is 0. The predicted molar refractivity (Wildman–Crippen MR) is 119 cm³/mol. The molecule has 0 atom stereocenters. The molecule has 0 radical (unpaired) electrons. The van der Waals surface area contributed by atoms with Gasteiger partial charge in [-0.1, -0.05) is 35.9 Å².